The second kappa shape index (κ2) is 6.44. The first kappa shape index (κ1) is 17.4. The minimum absolute atomic E-state index is 0.0585. The Bertz CT molecular complexity index is 1260. The fourth-order valence-corrected chi connectivity index (χ4v) is 4.18. The van der Waals surface area contributed by atoms with Crippen molar-refractivity contribution in [3.63, 3.8) is 0 Å². The molecule has 1 atom stereocenters. The van der Waals surface area contributed by atoms with E-state index in [0.29, 0.717) is 52.9 Å². The van der Waals surface area contributed by atoms with Gasteiger partial charge in [-0.25, -0.2) is 9.59 Å². The molecule has 0 spiro atoms. The van der Waals surface area contributed by atoms with Crippen molar-refractivity contribution >= 4 is 22.7 Å². The van der Waals surface area contributed by atoms with E-state index >= 15 is 0 Å². The number of carboxylic acid groups (broad SMARTS) is 1. The molecule has 0 saturated carbocycles. The lowest BCUT2D eigenvalue weighted by atomic mass is 9.77. The van der Waals surface area contributed by atoms with E-state index in [1.54, 1.807) is 24.3 Å². The number of hydrogen-bond donors (Lipinski definition) is 1. The van der Waals surface area contributed by atoms with Crippen LogP contribution in [-0.4, -0.2) is 16.9 Å². The number of fused-ring (bicyclic) bond motifs is 3. The number of carboxylic acids is 1. The topological polar surface area (TPSA) is 93.8 Å². The smallest absolute Gasteiger partial charge is 0.344 e. The Balaban J connectivity index is 1.80. The predicted molar refractivity (Wildman–Crippen MR) is 104 cm³/mol. The molecule has 2 aliphatic rings. The van der Waals surface area contributed by atoms with E-state index in [2.05, 4.69) is 0 Å². The fraction of sp³-hybridized carbons (Fsp3) is 0.174. The van der Waals surface area contributed by atoms with Crippen LogP contribution in [0.4, 0.5) is 0 Å². The number of ether oxygens (including phenoxy) is 1. The molecule has 0 amide bonds. The molecule has 144 valence electrons. The molecule has 1 aliphatic carbocycles. The summed E-state index contributed by atoms with van der Waals surface area (Å²) in [6.45, 7) is 0. The third-order valence-electron chi connectivity index (χ3n) is 5.50. The normalized spacial score (nSPS) is 18.2. The van der Waals surface area contributed by atoms with E-state index in [1.807, 2.05) is 12.1 Å². The van der Waals surface area contributed by atoms with Gasteiger partial charge in [-0.1, -0.05) is 24.3 Å². The van der Waals surface area contributed by atoms with Crippen LogP contribution in [0.15, 0.2) is 69.1 Å². The molecule has 6 nitrogen and oxygen atoms in total. The highest BCUT2D eigenvalue weighted by Gasteiger charge is 2.39. The highest BCUT2D eigenvalue weighted by atomic mass is 16.5. The van der Waals surface area contributed by atoms with Crippen molar-refractivity contribution in [3.05, 3.63) is 87.0 Å². The molecule has 2 heterocycles. The monoisotopic (exact) mass is 388 g/mol. The third-order valence-corrected chi connectivity index (χ3v) is 5.50. The predicted octanol–water partition coefficient (Wildman–Crippen LogP) is 4.02. The summed E-state index contributed by atoms with van der Waals surface area (Å²) in [6, 6.07) is 13.4. The minimum atomic E-state index is -1.04. The first-order valence-corrected chi connectivity index (χ1v) is 9.37. The molecule has 1 aliphatic heterocycles. The summed E-state index contributed by atoms with van der Waals surface area (Å²) < 4.78 is 11.6. The van der Waals surface area contributed by atoms with Crippen LogP contribution in [0.25, 0.3) is 11.0 Å². The van der Waals surface area contributed by atoms with Crippen LogP contribution < -0.4 is 10.4 Å². The Labute approximate surface area is 165 Å². The van der Waals surface area contributed by atoms with Crippen LogP contribution >= 0.6 is 0 Å². The Kier molecular flexibility index (Phi) is 3.87. The first-order valence-electron chi connectivity index (χ1n) is 9.37. The Morgan fingerprint density at radius 3 is 2.52 bits per heavy atom. The lowest BCUT2D eigenvalue weighted by Crippen LogP contribution is -2.29. The average Bonchev–Trinajstić information content (AvgIpc) is 2.73. The lowest BCUT2D eigenvalue weighted by Gasteiger charge is -2.32. The number of hydrogen-bond acceptors (Lipinski definition) is 5. The molecule has 1 N–H and O–H groups in total. The van der Waals surface area contributed by atoms with E-state index in [-0.39, 0.29) is 16.9 Å². The SMILES string of the molecule is O=C1CCCC2=C1C(c1ccc(C(=O)O)cc1)c1c(c3ccccc3oc1=O)O2. The van der Waals surface area contributed by atoms with Gasteiger partial charge in [-0.15, -0.1) is 0 Å². The summed E-state index contributed by atoms with van der Waals surface area (Å²) in [6.07, 6.45) is 1.69. The molecule has 1 unspecified atom stereocenters. The summed E-state index contributed by atoms with van der Waals surface area (Å²) in [5, 5.41) is 9.85. The molecule has 0 radical (unpaired) electrons. The van der Waals surface area contributed by atoms with E-state index in [1.165, 1.54) is 12.1 Å². The number of carbonyl (C=O) groups is 2. The summed E-state index contributed by atoms with van der Waals surface area (Å²) in [5.74, 6) is -0.750. The van der Waals surface area contributed by atoms with Gasteiger partial charge in [0, 0.05) is 18.4 Å². The van der Waals surface area contributed by atoms with Gasteiger partial charge in [0.2, 0.25) is 0 Å². The largest absolute Gasteiger partial charge is 0.478 e. The first-order chi connectivity index (χ1) is 14.0. The molecule has 3 aromatic rings. The number of ketones is 1. The van der Waals surface area contributed by atoms with Gasteiger partial charge < -0.3 is 14.3 Å². The summed E-state index contributed by atoms with van der Waals surface area (Å²) in [7, 11) is 0. The maximum absolute atomic E-state index is 12.9. The number of allylic oxidation sites excluding steroid dienone is 2. The number of para-hydroxylation sites is 1. The summed E-state index contributed by atoms with van der Waals surface area (Å²) >= 11 is 0. The Morgan fingerprint density at radius 1 is 1.00 bits per heavy atom. The van der Waals surface area contributed by atoms with Gasteiger partial charge in [0.25, 0.3) is 0 Å². The van der Waals surface area contributed by atoms with Crippen molar-refractivity contribution in [1.82, 2.24) is 0 Å². The van der Waals surface area contributed by atoms with Gasteiger partial charge in [-0.2, -0.15) is 0 Å². The van der Waals surface area contributed by atoms with Crippen LogP contribution in [0, 0.1) is 0 Å². The van der Waals surface area contributed by atoms with E-state index < -0.39 is 17.5 Å². The molecular weight excluding hydrogens is 372 g/mol. The Hall–Kier alpha value is -3.67. The zero-order valence-electron chi connectivity index (χ0n) is 15.3. The number of carbonyl (C=O) groups excluding carboxylic acids is 1. The standard InChI is InChI=1S/C23H16O6/c24-15-5-3-7-17-19(15)18(12-8-10-13(11-9-12)22(25)26)20-21(28-17)14-4-1-2-6-16(14)29-23(20)27/h1-2,4,6,8-11,18H,3,5,7H2,(H,25,26). The quantitative estimate of drug-likeness (QED) is 0.667. The summed E-state index contributed by atoms with van der Waals surface area (Å²) in [5.41, 5.74) is 1.40. The van der Waals surface area contributed by atoms with Crippen molar-refractivity contribution in [1.29, 1.82) is 0 Å². The minimum Gasteiger partial charge on any atom is -0.478 e. The average molecular weight is 388 g/mol. The fourth-order valence-electron chi connectivity index (χ4n) is 4.18. The van der Waals surface area contributed by atoms with Gasteiger partial charge in [-0.05, 0) is 36.2 Å². The molecule has 5 rings (SSSR count). The van der Waals surface area contributed by atoms with Crippen LogP contribution in [-0.2, 0) is 4.79 Å². The maximum Gasteiger partial charge on any atom is 0.344 e. The van der Waals surface area contributed by atoms with Crippen molar-refractivity contribution in [2.24, 2.45) is 0 Å². The van der Waals surface area contributed by atoms with Gasteiger partial charge in [0.15, 0.2) is 5.78 Å². The van der Waals surface area contributed by atoms with Crippen LogP contribution in [0.3, 0.4) is 0 Å². The molecule has 29 heavy (non-hydrogen) atoms. The van der Waals surface area contributed by atoms with Crippen LogP contribution in [0.5, 0.6) is 5.75 Å². The number of rotatable bonds is 2. The molecular formula is C23H16O6. The second-order valence-electron chi connectivity index (χ2n) is 7.20. The number of Topliss-reactive ketones (excluding diaryl/α,β-unsaturated/α-hetero) is 1. The molecule has 2 aromatic carbocycles. The van der Waals surface area contributed by atoms with Gasteiger partial charge >= 0.3 is 11.6 Å². The van der Waals surface area contributed by atoms with E-state index in [9.17, 15) is 19.5 Å². The van der Waals surface area contributed by atoms with E-state index in [0.717, 1.165) is 0 Å². The highest BCUT2D eigenvalue weighted by Crippen LogP contribution is 2.47. The molecule has 0 fully saturated rings. The van der Waals surface area contributed by atoms with Crippen LogP contribution in [0.2, 0.25) is 0 Å². The number of aromatic carboxylic acids is 1. The van der Waals surface area contributed by atoms with Gasteiger partial charge in [0.05, 0.1) is 22.4 Å². The molecule has 0 saturated heterocycles. The van der Waals surface area contributed by atoms with Gasteiger partial charge in [-0.3, -0.25) is 4.79 Å². The lowest BCUT2D eigenvalue weighted by molar-refractivity contribution is -0.116. The van der Waals surface area contributed by atoms with Crippen molar-refractivity contribution in [2.75, 3.05) is 0 Å². The highest BCUT2D eigenvalue weighted by molar-refractivity contribution is 6.00. The zero-order chi connectivity index (χ0) is 20.1. The molecule has 1 aromatic heterocycles. The second-order valence-corrected chi connectivity index (χ2v) is 7.20. The van der Waals surface area contributed by atoms with Crippen LogP contribution in [0.1, 0.15) is 46.7 Å². The number of benzene rings is 2. The van der Waals surface area contributed by atoms with Crippen molar-refractivity contribution in [2.45, 2.75) is 25.2 Å². The van der Waals surface area contributed by atoms with Crippen molar-refractivity contribution < 1.29 is 23.8 Å². The van der Waals surface area contributed by atoms with Gasteiger partial charge in [0.1, 0.15) is 17.1 Å². The van der Waals surface area contributed by atoms with E-state index in [4.69, 9.17) is 9.15 Å². The molecule has 0 bridgehead atoms. The maximum atomic E-state index is 12.9. The summed E-state index contributed by atoms with van der Waals surface area (Å²) in [4.78, 5) is 37.0. The Morgan fingerprint density at radius 2 is 1.76 bits per heavy atom. The molecule has 6 heteroatoms. The van der Waals surface area contributed by atoms with Crippen molar-refractivity contribution in [3.8, 4) is 5.75 Å². The third kappa shape index (κ3) is 2.68. The zero-order valence-corrected chi connectivity index (χ0v) is 15.3.